The number of pyridine rings is 1. The molecular formula is C23H28N4O3S. The number of ether oxygens (including phenoxy) is 1. The minimum absolute atomic E-state index is 0.0902. The fourth-order valence-electron chi connectivity index (χ4n) is 4.16. The van der Waals surface area contributed by atoms with E-state index in [0.29, 0.717) is 30.2 Å². The normalized spacial score (nSPS) is 21.2. The molecule has 31 heavy (non-hydrogen) atoms. The largest absolute Gasteiger partial charge is 0.471 e. The lowest BCUT2D eigenvalue weighted by atomic mass is 9.95. The highest BCUT2D eigenvalue weighted by Gasteiger charge is 2.34. The third-order valence-corrected chi connectivity index (χ3v) is 6.87. The summed E-state index contributed by atoms with van der Waals surface area (Å²) in [5.74, 6) is 0.245. The quantitative estimate of drug-likeness (QED) is 0.572. The predicted molar refractivity (Wildman–Crippen MR) is 121 cm³/mol. The minimum Gasteiger partial charge on any atom is -0.471 e. The second kappa shape index (κ2) is 9.20. The van der Waals surface area contributed by atoms with Crippen molar-refractivity contribution in [2.75, 3.05) is 7.05 Å². The summed E-state index contributed by atoms with van der Waals surface area (Å²) in [4.78, 5) is 21.4. The van der Waals surface area contributed by atoms with Gasteiger partial charge in [-0.1, -0.05) is 6.42 Å². The van der Waals surface area contributed by atoms with E-state index in [1.807, 2.05) is 31.4 Å². The van der Waals surface area contributed by atoms with Gasteiger partial charge < -0.3 is 25.5 Å². The fourth-order valence-corrected chi connectivity index (χ4v) is 5.25. The van der Waals surface area contributed by atoms with Crippen molar-refractivity contribution in [2.24, 2.45) is 0 Å². The van der Waals surface area contributed by atoms with E-state index in [1.54, 1.807) is 29.4 Å². The summed E-state index contributed by atoms with van der Waals surface area (Å²) >= 11 is 1.59. The van der Waals surface area contributed by atoms with Crippen LogP contribution >= 0.6 is 11.3 Å². The van der Waals surface area contributed by atoms with Gasteiger partial charge in [0.2, 0.25) is 5.88 Å². The number of aliphatic hydroxyl groups excluding tert-OH is 1. The number of fused-ring (bicyclic) bond motifs is 1. The van der Waals surface area contributed by atoms with Gasteiger partial charge in [0.1, 0.15) is 11.7 Å². The Labute approximate surface area is 186 Å². The molecule has 0 saturated heterocycles. The van der Waals surface area contributed by atoms with Gasteiger partial charge in [-0.15, -0.1) is 11.3 Å². The molecule has 0 radical (unpaired) electrons. The highest BCUT2D eigenvalue weighted by Crippen LogP contribution is 2.34. The first-order valence-corrected chi connectivity index (χ1v) is 11.4. The number of hydrogen-bond donors (Lipinski definition) is 3. The molecule has 7 nitrogen and oxygen atoms in total. The molecule has 1 saturated carbocycles. The number of amides is 1. The van der Waals surface area contributed by atoms with Crippen molar-refractivity contribution < 1.29 is 14.6 Å². The molecular weight excluding hydrogens is 412 g/mol. The van der Waals surface area contributed by atoms with Crippen molar-refractivity contribution in [3.8, 4) is 5.88 Å². The van der Waals surface area contributed by atoms with Crippen molar-refractivity contribution in [3.63, 3.8) is 0 Å². The van der Waals surface area contributed by atoms with Crippen LogP contribution in [-0.2, 0) is 13.1 Å². The van der Waals surface area contributed by atoms with E-state index >= 15 is 0 Å². The lowest BCUT2D eigenvalue weighted by Gasteiger charge is -2.28. The Kier molecular flexibility index (Phi) is 6.38. The molecule has 0 spiro atoms. The van der Waals surface area contributed by atoms with Crippen molar-refractivity contribution in [1.29, 1.82) is 5.41 Å². The molecule has 2 atom stereocenters. The third-order valence-electron chi connectivity index (χ3n) is 5.76. The van der Waals surface area contributed by atoms with Gasteiger partial charge in [0.15, 0.2) is 0 Å². The number of carbonyl (C=O) groups is 1. The number of hydrogen-bond acceptors (Lipinski definition) is 7. The van der Waals surface area contributed by atoms with E-state index in [0.717, 1.165) is 46.6 Å². The minimum atomic E-state index is -0.513. The van der Waals surface area contributed by atoms with Crippen molar-refractivity contribution in [2.45, 2.75) is 57.9 Å². The molecule has 0 unspecified atom stereocenters. The van der Waals surface area contributed by atoms with Crippen LogP contribution in [-0.4, -0.2) is 45.9 Å². The Balaban J connectivity index is 1.50. The maximum Gasteiger partial charge on any atom is 0.260 e. The first-order chi connectivity index (χ1) is 15.0. The Hall–Kier alpha value is -2.71. The van der Waals surface area contributed by atoms with Crippen LogP contribution in [0.1, 0.15) is 58.3 Å². The van der Waals surface area contributed by atoms with Crippen LogP contribution in [0.4, 0.5) is 0 Å². The van der Waals surface area contributed by atoms with Gasteiger partial charge >= 0.3 is 0 Å². The van der Waals surface area contributed by atoms with E-state index in [1.165, 1.54) is 0 Å². The molecule has 4 rings (SSSR count). The molecule has 3 N–H and O–H groups in total. The summed E-state index contributed by atoms with van der Waals surface area (Å²) in [5, 5.41) is 21.2. The van der Waals surface area contributed by atoms with E-state index in [-0.39, 0.29) is 12.0 Å². The Bertz CT molecular complexity index is 1020. The highest BCUT2D eigenvalue weighted by atomic mass is 32.1. The molecule has 8 heteroatoms. The number of nitrogens with zero attached hydrogens (tertiary/aromatic N) is 2. The zero-order valence-electron chi connectivity index (χ0n) is 17.9. The van der Waals surface area contributed by atoms with Gasteiger partial charge in [-0.3, -0.25) is 4.79 Å². The SMILES string of the molecule is CN/C=C(\C(C)=N)c1ccc(CN2Cc3ccnc(O[C@H]4CCCC[C@@H]4O)c3C2=O)s1. The van der Waals surface area contributed by atoms with E-state index in [4.69, 9.17) is 10.1 Å². The fraction of sp³-hybridized carbons (Fsp3) is 0.435. The number of aromatic nitrogens is 1. The van der Waals surface area contributed by atoms with Crippen LogP contribution in [0.25, 0.3) is 5.57 Å². The van der Waals surface area contributed by atoms with Crippen LogP contribution in [0.2, 0.25) is 0 Å². The summed E-state index contributed by atoms with van der Waals surface area (Å²) in [6.07, 6.45) is 6.18. The number of allylic oxidation sites excluding steroid dienone is 1. The molecule has 0 bridgehead atoms. The Morgan fingerprint density at radius 2 is 2.19 bits per heavy atom. The summed E-state index contributed by atoms with van der Waals surface area (Å²) in [5.41, 5.74) is 2.76. The number of nitrogens with one attached hydrogen (secondary N) is 2. The van der Waals surface area contributed by atoms with Crippen molar-refractivity contribution in [3.05, 3.63) is 51.5 Å². The topological polar surface area (TPSA) is 98.5 Å². The van der Waals surface area contributed by atoms with Crippen molar-refractivity contribution in [1.82, 2.24) is 15.2 Å². The standard InChI is InChI=1S/C23H28N4O3S/c1-14(24)17(11-25-2)20-8-7-16(31-20)13-27-12-15-9-10-26-22(21(15)23(27)29)30-19-6-4-3-5-18(19)28/h7-11,18-19,24-25,28H,3-6,12-13H2,1-2H3/b17-11+,24-14?/t18-,19-/m0/s1. The van der Waals surface area contributed by atoms with E-state index < -0.39 is 6.10 Å². The number of rotatable bonds is 7. The van der Waals surface area contributed by atoms with Crippen LogP contribution < -0.4 is 10.1 Å². The number of thiophene rings is 1. The average molecular weight is 441 g/mol. The first-order valence-electron chi connectivity index (χ1n) is 10.6. The van der Waals surface area contributed by atoms with Gasteiger partial charge in [0, 0.05) is 47.0 Å². The zero-order valence-corrected chi connectivity index (χ0v) is 18.7. The molecule has 1 aliphatic heterocycles. The van der Waals surface area contributed by atoms with Gasteiger partial charge in [-0.05, 0) is 49.9 Å². The number of aliphatic hydroxyl groups is 1. The van der Waals surface area contributed by atoms with Crippen LogP contribution in [0, 0.1) is 5.41 Å². The molecule has 3 heterocycles. The second-order valence-corrected chi connectivity index (χ2v) is 9.23. The highest BCUT2D eigenvalue weighted by molar-refractivity contribution is 7.13. The molecule has 1 fully saturated rings. The van der Waals surface area contributed by atoms with Crippen LogP contribution in [0.3, 0.4) is 0 Å². The monoisotopic (exact) mass is 440 g/mol. The summed E-state index contributed by atoms with van der Waals surface area (Å²) < 4.78 is 6.02. The maximum atomic E-state index is 13.2. The zero-order chi connectivity index (χ0) is 22.0. The Morgan fingerprint density at radius 1 is 1.39 bits per heavy atom. The third kappa shape index (κ3) is 4.50. The Morgan fingerprint density at radius 3 is 2.94 bits per heavy atom. The van der Waals surface area contributed by atoms with Gasteiger partial charge in [-0.25, -0.2) is 4.98 Å². The molecule has 2 aromatic rings. The smallest absolute Gasteiger partial charge is 0.260 e. The summed E-state index contributed by atoms with van der Waals surface area (Å²) in [7, 11) is 1.82. The van der Waals surface area contributed by atoms with Crippen molar-refractivity contribution >= 4 is 28.5 Å². The van der Waals surface area contributed by atoms with E-state index in [9.17, 15) is 9.90 Å². The average Bonchev–Trinajstić information content (AvgIpc) is 3.33. The first kappa shape index (κ1) is 21.5. The molecule has 2 aromatic heterocycles. The van der Waals surface area contributed by atoms with Gasteiger partial charge in [0.05, 0.1) is 12.6 Å². The number of carbonyl (C=O) groups excluding carboxylic acids is 1. The molecule has 164 valence electrons. The summed E-state index contributed by atoms with van der Waals surface area (Å²) in [6, 6.07) is 5.87. The lowest BCUT2D eigenvalue weighted by Crippen LogP contribution is -2.35. The van der Waals surface area contributed by atoms with Gasteiger partial charge in [-0.2, -0.15) is 0 Å². The molecule has 1 aliphatic carbocycles. The second-order valence-electron chi connectivity index (χ2n) is 8.06. The maximum absolute atomic E-state index is 13.2. The van der Waals surface area contributed by atoms with E-state index in [2.05, 4.69) is 10.3 Å². The lowest BCUT2D eigenvalue weighted by molar-refractivity contribution is 0.00397. The summed E-state index contributed by atoms with van der Waals surface area (Å²) in [6.45, 7) is 2.77. The molecule has 0 aromatic carbocycles. The van der Waals surface area contributed by atoms with Gasteiger partial charge in [0.25, 0.3) is 5.91 Å². The molecule has 1 amide bonds. The molecule has 2 aliphatic rings. The van der Waals surface area contributed by atoms with Crippen LogP contribution in [0.5, 0.6) is 5.88 Å². The van der Waals surface area contributed by atoms with Crippen LogP contribution in [0.15, 0.2) is 30.6 Å². The predicted octanol–water partition coefficient (Wildman–Crippen LogP) is 3.58.